The first-order valence-corrected chi connectivity index (χ1v) is 13.3. The van der Waals surface area contributed by atoms with Crippen molar-refractivity contribution in [1.82, 2.24) is 24.6 Å². The van der Waals surface area contributed by atoms with Crippen LogP contribution in [0.4, 0.5) is 16.0 Å². The number of β-amino-alcohol motifs (C(OH)–C–C–N with tert-alkyl or cyclic N) is 1. The molecule has 7 nitrogen and oxygen atoms in total. The van der Waals surface area contributed by atoms with Crippen molar-refractivity contribution in [2.24, 2.45) is 0 Å². The predicted molar refractivity (Wildman–Crippen MR) is 143 cm³/mol. The first kappa shape index (κ1) is 24.3. The Balaban J connectivity index is 1.14. The SMILES string of the molecule is Cc1c(Nc2ncc3cc(Cl)c(C4CCN(C[C@H](O)c5ccccc5F)CC4)cc3n2)cnn1C1CC1. The van der Waals surface area contributed by atoms with Gasteiger partial charge in [-0.1, -0.05) is 29.8 Å². The van der Waals surface area contributed by atoms with Crippen molar-refractivity contribution in [3.63, 3.8) is 0 Å². The van der Waals surface area contributed by atoms with E-state index in [0.29, 0.717) is 30.0 Å². The fraction of sp³-hybridized carbons (Fsp3) is 0.393. The Morgan fingerprint density at radius 2 is 1.92 bits per heavy atom. The third-order valence-corrected chi connectivity index (χ3v) is 7.93. The van der Waals surface area contributed by atoms with Crippen LogP contribution < -0.4 is 5.32 Å². The van der Waals surface area contributed by atoms with Gasteiger partial charge in [0.25, 0.3) is 0 Å². The topological polar surface area (TPSA) is 79.1 Å². The number of piperidine rings is 1. The molecule has 1 atom stereocenters. The van der Waals surface area contributed by atoms with Crippen LogP contribution in [0.2, 0.25) is 5.02 Å². The van der Waals surface area contributed by atoms with Gasteiger partial charge >= 0.3 is 0 Å². The van der Waals surface area contributed by atoms with Gasteiger partial charge in [0.2, 0.25) is 5.95 Å². The highest BCUT2D eigenvalue weighted by Gasteiger charge is 2.27. The van der Waals surface area contributed by atoms with E-state index in [1.54, 1.807) is 24.4 Å². The molecule has 1 aliphatic carbocycles. The van der Waals surface area contributed by atoms with Crippen molar-refractivity contribution in [2.75, 3.05) is 25.0 Å². The van der Waals surface area contributed by atoms with E-state index in [2.05, 4.69) is 38.0 Å². The number of aromatic nitrogens is 4. The summed E-state index contributed by atoms with van der Waals surface area (Å²) < 4.78 is 16.1. The second kappa shape index (κ2) is 10.0. The van der Waals surface area contributed by atoms with Crippen LogP contribution in [0, 0.1) is 12.7 Å². The van der Waals surface area contributed by atoms with Gasteiger partial charge in [-0.25, -0.2) is 14.4 Å². The third-order valence-electron chi connectivity index (χ3n) is 7.60. The molecule has 0 unspecified atom stereocenters. The van der Waals surface area contributed by atoms with E-state index < -0.39 is 6.10 Å². The molecule has 6 rings (SSSR count). The van der Waals surface area contributed by atoms with Gasteiger partial charge in [-0.3, -0.25) is 4.68 Å². The van der Waals surface area contributed by atoms with E-state index in [4.69, 9.17) is 16.6 Å². The Morgan fingerprint density at radius 1 is 1.14 bits per heavy atom. The standard InChI is InChI=1S/C28H30ClFN6O/c1-17-26(15-32-36(17)20-6-7-20)34-28-31-14-19-12-23(29)22(13-25(19)33-28)18-8-10-35(11-9-18)16-27(37)21-4-2-3-5-24(21)30/h2-5,12-15,18,20,27,37H,6-11,16H2,1H3,(H,31,33,34)/t27-/m0/s1. The molecule has 37 heavy (non-hydrogen) atoms. The number of rotatable bonds is 7. The molecule has 3 heterocycles. The van der Waals surface area contributed by atoms with Gasteiger partial charge in [-0.05, 0) is 75.4 Å². The highest BCUT2D eigenvalue weighted by molar-refractivity contribution is 6.32. The molecular weight excluding hydrogens is 491 g/mol. The van der Waals surface area contributed by atoms with Crippen LogP contribution >= 0.6 is 11.6 Å². The van der Waals surface area contributed by atoms with Crippen LogP contribution in [0.1, 0.15) is 60.6 Å². The summed E-state index contributed by atoms with van der Waals surface area (Å²) in [6.45, 7) is 4.10. The van der Waals surface area contributed by atoms with E-state index in [0.717, 1.165) is 58.8 Å². The van der Waals surface area contributed by atoms with Gasteiger partial charge in [0.1, 0.15) is 5.82 Å². The number of nitrogens with zero attached hydrogens (tertiary/aromatic N) is 5. The number of fused-ring (bicyclic) bond motifs is 1. The Morgan fingerprint density at radius 3 is 2.68 bits per heavy atom. The number of anilines is 2. The number of likely N-dealkylation sites (tertiary alicyclic amines) is 1. The highest BCUT2D eigenvalue weighted by Crippen LogP contribution is 2.38. The van der Waals surface area contributed by atoms with Crippen molar-refractivity contribution in [3.05, 3.63) is 76.5 Å². The molecule has 1 saturated heterocycles. The predicted octanol–water partition coefficient (Wildman–Crippen LogP) is 5.92. The van der Waals surface area contributed by atoms with E-state index in [1.807, 2.05) is 12.3 Å². The normalized spacial score (nSPS) is 17.8. The zero-order valence-corrected chi connectivity index (χ0v) is 21.5. The van der Waals surface area contributed by atoms with Crippen LogP contribution in [0.3, 0.4) is 0 Å². The minimum atomic E-state index is -0.843. The quantitative estimate of drug-likeness (QED) is 0.315. The molecule has 2 aromatic carbocycles. The van der Waals surface area contributed by atoms with Gasteiger partial charge in [0, 0.05) is 28.7 Å². The average Bonchev–Trinajstić information content (AvgIpc) is 3.68. The number of halogens is 2. The van der Waals surface area contributed by atoms with Crippen molar-refractivity contribution in [1.29, 1.82) is 0 Å². The van der Waals surface area contributed by atoms with Crippen LogP contribution in [0.15, 0.2) is 48.8 Å². The Kier molecular flexibility index (Phi) is 6.56. The monoisotopic (exact) mass is 520 g/mol. The molecule has 0 amide bonds. The maximum atomic E-state index is 14.0. The summed E-state index contributed by atoms with van der Waals surface area (Å²) in [4.78, 5) is 11.5. The Labute approximate surface area is 220 Å². The van der Waals surface area contributed by atoms with Gasteiger partial charge in [0.05, 0.1) is 35.2 Å². The summed E-state index contributed by atoms with van der Waals surface area (Å²) >= 11 is 6.71. The minimum Gasteiger partial charge on any atom is -0.387 e. The zero-order valence-electron chi connectivity index (χ0n) is 20.7. The smallest absolute Gasteiger partial charge is 0.227 e. The maximum absolute atomic E-state index is 14.0. The molecule has 2 fully saturated rings. The van der Waals surface area contributed by atoms with Crippen molar-refractivity contribution in [2.45, 2.75) is 50.7 Å². The lowest BCUT2D eigenvalue weighted by atomic mass is 9.88. The fourth-order valence-corrected chi connectivity index (χ4v) is 5.64. The van der Waals surface area contributed by atoms with E-state index in [9.17, 15) is 9.50 Å². The van der Waals surface area contributed by atoms with E-state index in [1.165, 1.54) is 18.9 Å². The van der Waals surface area contributed by atoms with Crippen LogP contribution in [0.25, 0.3) is 10.9 Å². The molecule has 0 spiro atoms. The van der Waals surface area contributed by atoms with Crippen molar-refractivity contribution in [3.8, 4) is 0 Å². The largest absolute Gasteiger partial charge is 0.387 e. The molecule has 1 saturated carbocycles. The van der Waals surface area contributed by atoms with Crippen LogP contribution in [-0.4, -0.2) is 49.4 Å². The fourth-order valence-electron chi connectivity index (χ4n) is 5.31. The number of hydrogen-bond acceptors (Lipinski definition) is 6. The zero-order chi connectivity index (χ0) is 25.5. The summed E-state index contributed by atoms with van der Waals surface area (Å²) in [6.07, 6.45) is 6.98. The molecule has 192 valence electrons. The van der Waals surface area contributed by atoms with Crippen molar-refractivity contribution < 1.29 is 9.50 Å². The van der Waals surface area contributed by atoms with E-state index >= 15 is 0 Å². The lowest BCUT2D eigenvalue weighted by molar-refractivity contribution is 0.0948. The molecule has 2 aliphatic rings. The Bertz CT molecular complexity index is 1430. The van der Waals surface area contributed by atoms with Crippen LogP contribution in [-0.2, 0) is 0 Å². The third kappa shape index (κ3) is 5.06. The number of hydrogen-bond donors (Lipinski definition) is 2. The van der Waals surface area contributed by atoms with Gasteiger partial charge in [0.15, 0.2) is 0 Å². The summed E-state index contributed by atoms with van der Waals surface area (Å²) in [5.74, 6) is 0.468. The maximum Gasteiger partial charge on any atom is 0.227 e. The lowest BCUT2D eigenvalue weighted by Gasteiger charge is -2.33. The Hall–Kier alpha value is -3.07. The van der Waals surface area contributed by atoms with Crippen LogP contribution in [0.5, 0.6) is 0 Å². The number of aliphatic hydroxyl groups excluding tert-OH is 1. The molecule has 9 heteroatoms. The summed E-state index contributed by atoms with van der Waals surface area (Å²) in [5, 5.41) is 20.0. The van der Waals surface area contributed by atoms with E-state index in [-0.39, 0.29) is 5.82 Å². The first-order chi connectivity index (χ1) is 18.0. The number of benzene rings is 2. The lowest BCUT2D eigenvalue weighted by Crippen LogP contribution is -2.36. The average molecular weight is 521 g/mol. The molecule has 2 N–H and O–H groups in total. The van der Waals surface area contributed by atoms with Gasteiger partial charge in [-0.2, -0.15) is 5.10 Å². The highest BCUT2D eigenvalue weighted by atomic mass is 35.5. The minimum absolute atomic E-state index is 0.296. The molecule has 0 radical (unpaired) electrons. The summed E-state index contributed by atoms with van der Waals surface area (Å²) in [6, 6.07) is 11.0. The summed E-state index contributed by atoms with van der Waals surface area (Å²) in [5.41, 5.74) is 4.30. The summed E-state index contributed by atoms with van der Waals surface area (Å²) in [7, 11) is 0. The molecule has 4 aromatic rings. The van der Waals surface area contributed by atoms with Crippen molar-refractivity contribution >= 4 is 34.1 Å². The van der Waals surface area contributed by atoms with Gasteiger partial charge in [-0.15, -0.1) is 0 Å². The molecule has 1 aliphatic heterocycles. The molecular formula is C28H30ClFN6O. The van der Waals surface area contributed by atoms with Gasteiger partial charge < -0.3 is 15.3 Å². The second-order valence-corrected chi connectivity index (χ2v) is 10.6. The number of nitrogens with one attached hydrogen (secondary N) is 1. The molecule has 2 aromatic heterocycles. The number of aliphatic hydroxyl groups is 1. The first-order valence-electron chi connectivity index (χ1n) is 12.9. The molecule has 0 bridgehead atoms. The second-order valence-electron chi connectivity index (χ2n) is 10.2.